The van der Waals surface area contributed by atoms with Gasteiger partial charge in [-0.15, -0.1) is 0 Å². The summed E-state index contributed by atoms with van der Waals surface area (Å²) in [6.07, 6.45) is 12.5. The van der Waals surface area contributed by atoms with Crippen molar-refractivity contribution in [3.63, 3.8) is 0 Å². The number of ether oxygens (including phenoxy) is 2. The molecule has 9 nitrogen and oxygen atoms in total. The molecule has 0 radical (unpaired) electrons. The number of carbonyl (C=O) groups is 1. The lowest BCUT2D eigenvalue weighted by molar-refractivity contribution is -0.129. The summed E-state index contributed by atoms with van der Waals surface area (Å²) in [6, 6.07) is 7.65. The Kier molecular flexibility index (Phi) is 9.78. The molecule has 2 aliphatic carbocycles. The van der Waals surface area contributed by atoms with Gasteiger partial charge < -0.3 is 29.1 Å². The van der Waals surface area contributed by atoms with Gasteiger partial charge in [-0.1, -0.05) is 24.3 Å². The van der Waals surface area contributed by atoms with E-state index < -0.39 is 0 Å². The summed E-state index contributed by atoms with van der Waals surface area (Å²) < 4.78 is 12.0. The average Bonchev–Trinajstić information content (AvgIpc) is 3.43. The number of benzene rings is 1. The van der Waals surface area contributed by atoms with E-state index in [0.29, 0.717) is 38.4 Å². The molecule has 0 unspecified atom stereocenters. The molecule has 0 saturated carbocycles. The van der Waals surface area contributed by atoms with Crippen molar-refractivity contribution in [3.05, 3.63) is 58.3 Å². The second-order valence-corrected chi connectivity index (χ2v) is 14.2. The molecule has 0 bridgehead atoms. The SMILES string of the molecule is COC[C@H]1CN(c2nc(OC[C@@H]3CCCN3C)nc3c2CC[C@]2(CCc4c(C)cccc4C2)C3)CCN1C(=O)/C=C/CN(C)C. The minimum absolute atomic E-state index is 0.0442. The number of fused-ring (bicyclic) bond motifs is 2. The fraction of sp³-hybridized carbons (Fsp3) is 0.639. The summed E-state index contributed by atoms with van der Waals surface area (Å²) in [6.45, 7) is 7.22. The first kappa shape index (κ1) is 32.0. The summed E-state index contributed by atoms with van der Waals surface area (Å²) >= 11 is 0. The van der Waals surface area contributed by atoms with Gasteiger partial charge in [-0.2, -0.15) is 9.97 Å². The summed E-state index contributed by atoms with van der Waals surface area (Å²) in [4.78, 5) is 32.2. The number of piperazine rings is 1. The number of rotatable bonds is 9. The molecule has 0 N–H and O–H groups in total. The minimum atomic E-state index is -0.0598. The van der Waals surface area contributed by atoms with Crippen LogP contribution in [-0.2, 0) is 35.2 Å². The minimum Gasteiger partial charge on any atom is -0.462 e. The molecule has 1 aromatic carbocycles. The van der Waals surface area contributed by atoms with Crippen molar-refractivity contribution < 1.29 is 14.3 Å². The van der Waals surface area contributed by atoms with E-state index in [2.05, 4.69) is 42.0 Å². The van der Waals surface area contributed by atoms with Crippen LogP contribution in [0.3, 0.4) is 0 Å². The number of anilines is 1. The average molecular weight is 617 g/mol. The number of likely N-dealkylation sites (tertiary alicyclic amines) is 1. The van der Waals surface area contributed by atoms with Crippen LogP contribution < -0.4 is 9.64 Å². The van der Waals surface area contributed by atoms with E-state index in [9.17, 15) is 4.79 Å². The zero-order valence-electron chi connectivity index (χ0n) is 28.1. The van der Waals surface area contributed by atoms with Crippen LogP contribution in [-0.4, -0.2) is 117 Å². The zero-order chi connectivity index (χ0) is 31.6. The normalized spacial score (nSPS) is 25.3. The Labute approximate surface area is 269 Å². The molecule has 6 rings (SSSR count). The van der Waals surface area contributed by atoms with E-state index in [4.69, 9.17) is 19.4 Å². The molecule has 1 spiro atoms. The highest BCUT2D eigenvalue weighted by atomic mass is 16.5. The second kappa shape index (κ2) is 13.8. The van der Waals surface area contributed by atoms with Crippen molar-refractivity contribution >= 4 is 11.7 Å². The van der Waals surface area contributed by atoms with Gasteiger partial charge in [0.1, 0.15) is 12.4 Å². The van der Waals surface area contributed by atoms with Crippen LogP contribution in [0.2, 0.25) is 0 Å². The van der Waals surface area contributed by atoms with Gasteiger partial charge in [-0.25, -0.2) is 0 Å². The molecule has 2 aromatic rings. The Morgan fingerprint density at radius 1 is 1.07 bits per heavy atom. The molecule has 2 saturated heterocycles. The highest BCUT2D eigenvalue weighted by molar-refractivity contribution is 5.88. The largest absolute Gasteiger partial charge is 0.462 e. The first-order valence-electron chi connectivity index (χ1n) is 16.9. The number of amides is 1. The number of hydrogen-bond acceptors (Lipinski definition) is 8. The number of likely N-dealkylation sites (N-methyl/N-ethyl adjacent to an activating group) is 2. The lowest BCUT2D eigenvalue weighted by atomic mass is 9.63. The first-order chi connectivity index (χ1) is 21.7. The van der Waals surface area contributed by atoms with Gasteiger partial charge in [0.15, 0.2) is 0 Å². The number of aryl methyl sites for hydroxylation is 1. The lowest BCUT2D eigenvalue weighted by Gasteiger charge is -2.44. The van der Waals surface area contributed by atoms with Crippen LogP contribution in [0.15, 0.2) is 30.4 Å². The molecule has 244 valence electrons. The Bertz CT molecular complexity index is 1400. The van der Waals surface area contributed by atoms with E-state index in [1.807, 2.05) is 30.0 Å². The third-order valence-corrected chi connectivity index (χ3v) is 10.7. The van der Waals surface area contributed by atoms with Crippen molar-refractivity contribution in [3.8, 4) is 6.01 Å². The third kappa shape index (κ3) is 7.05. The molecule has 9 heteroatoms. The molecule has 3 heterocycles. The Morgan fingerprint density at radius 3 is 2.64 bits per heavy atom. The Morgan fingerprint density at radius 2 is 1.89 bits per heavy atom. The molecule has 2 fully saturated rings. The molecular weight excluding hydrogens is 564 g/mol. The summed E-state index contributed by atoms with van der Waals surface area (Å²) in [5.41, 5.74) is 7.14. The van der Waals surface area contributed by atoms with Crippen LogP contribution in [0.25, 0.3) is 0 Å². The summed E-state index contributed by atoms with van der Waals surface area (Å²) in [5.74, 6) is 1.04. The van der Waals surface area contributed by atoms with Gasteiger partial charge in [-0.3, -0.25) is 4.79 Å². The quantitative estimate of drug-likeness (QED) is 0.395. The summed E-state index contributed by atoms with van der Waals surface area (Å²) in [5, 5.41) is 0. The van der Waals surface area contributed by atoms with E-state index in [1.165, 1.54) is 29.5 Å². The molecule has 2 aliphatic heterocycles. The monoisotopic (exact) mass is 616 g/mol. The standard InChI is InChI=1S/C36H52N6O3/c1-26-9-6-10-27-21-36(15-13-30(26)27)16-14-31-32(22-36)37-35(45-25-28-11-7-18-40(28)4)38-34(31)41-19-20-42(29(23-41)24-44-5)33(43)12-8-17-39(2)3/h6,8-10,12,28-29H,7,11,13-25H2,1-5H3/b12-8+/t28-,29+,36-/m0/s1. The highest BCUT2D eigenvalue weighted by Crippen LogP contribution is 2.47. The number of aromatic nitrogens is 2. The van der Waals surface area contributed by atoms with Gasteiger partial charge in [0.25, 0.3) is 0 Å². The van der Waals surface area contributed by atoms with Crippen molar-refractivity contribution in [1.29, 1.82) is 0 Å². The number of nitrogens with zero attached hydrogens (tertiary/aromatic N) is 6. The molecule has 1 amide bonds. The van der Waals surface area contributed by atoms with Crippen LogP contribution in [0.4, 0.5) is 5.82 Å². The van der Waals surface area contributed by atoms with Crippen molar-refractivity contribution in [2.24, 2.45) is 5.41 Å². The maximum atomic E-state index is 13.2. The van der Waals surface area contributed by atoms with Crippen LogP contribution >= 0.6 is 0 Å². The topological polar surface area (TPSA) is 74.3 Å². The van der Waals surface area contributed by atoms with Gasteiger partial charge >= 0.3 is 6.01 Å². The highest BCUT2D eigenvalue weighted by Gasteiger charge is 2.41. The Hall–Kier alpha value is -3.01. The zero-order valence-corrected chi connectivity index (χ0v) is 28.1. The van der Waals surface area contributed by atoms with Crippen LogP contribution in [0.5, 0.6) is 6.01 Å². The van der Waals surface area contributed by atoms with E-state index >= 15 is 0 Å². The van der Waals surface area contributed by atoms with Crippen LogP contribution in [0, 0.1) is 12.3 Å². The van der Waals surface area contributed by atoms with Gasteiger partial charge in [0, 0.05) is 51.0 Å². The fourth-order valence-corrected chi connectivity index (χ4v) is 8.08. The maximum Gasteiger partial charge on any atom is 0.318 e. The second-order valence-electron chi connectivity index (χ2n) is 14.2. The van der Waals surface area contributed by atoms with E-state index in [0.717, 1.165) is 69.7 Å². The maximum absolute atomic E-state index is 13.2. The first-order valence-corrected chi connectivity index (χ1v) is 16.9. The predicted octanol–water partition coefficient (Wildman–Crippen LogP) is 3.70. The number of hydrogen-bond donors (Lipinski definition) is 0. The number of methoxy groups -OCH3 is 1. The number of carbonyl (C=O) groups excluding carboxylic acids is 1. The van der Waals surface area contributed by atoms with Crippen molar-refractivity contribution in [1.82, 2.24) is 24.7 Å². The predicted molar refractivity (Wildman–Crippen MR) is 178 cm³/mol. The Balaban J connectivity index is 1.27. The lowest BCUT2D eigenvalue weighted by Crippen LogP contribution is -2.57. The van der Waals surface area contributed by atoms with Crippen molar-refractivity contribution in [2.45, 2.75) is 70.4 Å². The van der Waals surface area contributed by atoms with Crippen molar-refractivity contribution in [2.75, 3.05) is 79.1 Å². The van der Waals surface area contributed by atoms with E-state index in [1.54, 1.807) is 18.7 Å². The van der Waals surface area contributed by atoms with Gasteiger partial charge in [-0.05, 0) is 108 Å². The van der Waals surface area contributed by atoms with Gasteiger partial charge in [0.2, 0.25) is 5.91 Å². The molecular formula is C36H52N6O3. The molecule has 1 aromatic heterocycles. The smallest absolute Gasteiger partial charge is 0.318 e. The van der Waals surface area contributed by atoms with E-state index in [-0.39, 0.29) is 17.4 Å². The summed E-state index contributed by atoms with van der Waals surface area (Å²) in [7, 11) is 7.90. The molecule has 45 heavy (non-hydrogen) atoms. The van der Waals surface area contributed by atoms with Crippen LogP contribution in [0.1, 0.15) is 53.6 Å². The molecule has 4 aliphatic rings. The third-order valence-electron chi connectivity index (χ3n) is 10.7. The van der Waals surface area contributed by atoms with Gasteiger partial charge in [0.05, 0.1) is 18.3 Å². The molecule has 3 atom stereocenters. The fourth-order valence-electron chi connectivity index (χ4n) is 8.08.